The third kappa shape index (κ3) is 3.20. The molecule has 0 spiro atoms. The predicted molar refractivity (Wildman–Crippen MR) is 82.4 cm³/mol. The van der Waals surface area contributed by atoms with Crippen molar-refractivity contribution >= 4 is 0 Å². The number of nitrogens with zero attached hydrogens (tertiary/aromatic N) is 2. The van der Waals surface area contributed by atoms with E-state index in [1.165, 1.54) is 24.0 Å². The molecule has 1 unspecified atom stereocenters. The van der Waals surface area contributed by atoms with E-state index in [-0.39, 0.29) is 6.04 Å². The lowest BCUT2D eigenvalue weighted by Gasteiger charge is -2.35. The van der Waals surface area contributed by atoms with Gasteiger partial charge in [0.1, 0.15) is 0 Å². The molecule has 1 aromatic carbocycles. The van der Waals surface area contributed by atoms with Crippen LogP contribution in [0.15, 0.2) is 24.3 Å². The van der Waals surface area contributed by atoms with Gasteiger partial charge in [0.15, 0.2) is 0 Å². The lowest BCUT2D eigenvalue weighted by atomic mass is 9.97. The number of hydrogen-bond acceptors (Lipinski definition) is 4. The van der Waals surface area contributed by atoms with Gasteiger partial charge < -0.3 is 10.6 Å². The standard InChI is InChI=1S/C16H26N4/c1-19-8-10-20(11-9-19)18-16(12-17)15-5-3-2-4-14(15)13-6-7-13/h2-5,13,16,18H,6-12,17H2,1H3. The minimum Gasteiger partial charge on any atom is -0.329 e. The number of hydrazine groups is 1. The van der Waals surface area contributed by atoms with E-state index in [1.54, 1.807) is 0 Å². The number of benzene rings is 1. The van der Waals surface area contributed by atoms with Crippen molar-refractivity contribution < 1.29 is 0 Å². The molecule has 1 aromatic rings. The van der Waals surface area contributed by atoms with E-state index >= 15 is 0 Å². The van der Waals surface area contributed by atoms with Crippen LogP contribution >= 0.6 is 0 Å². The summed E-state index contributed by atoms with van der Waals surface area (Å²) in [5, 5.41) is 2.33. The third-order valence-electron chi connectivity index (χ3n) is 4.47. The second-order valence-corrected chi connectivity index (χ2v) is 6.11. The Bertz CT molecular complexity index is 436. The molecule has 2 aliphatic rings. The lowest BCUT2D eigenvalue weighted by molar-refractivity contribution is 0.0878. The van der Waals surface area contributed by atoms with Gasteiger partial charge in [-0.15, -0.1) is 0 Å². The Morgan fingerprint density at radius 2 is 1.90 bits per heavy atom. The minimum absolute atomic E-state index is 0.246. The first-order chi connectivity index (χ1) is 9.78. The highest BCUT2D eigenvalue weighted by Gasteiger charge is 2.28. The van der Waals surface area contributed by atoms with Crippen LogP contribution in [-0.4, -0.2) is 49.7 Å². The molecule has 0 aromatic heterocycles. The second kappa shape index (κ2) is 6.22. The number of hydrogen-bond donors (Lipinski definition) is 2. The van der Waals surface area contributed by atoms with Gasteiger partial charge in [-0.05, 0) is 36.9 Å². The van der Waals surface area contributed by atoms with Crippen LogP contribution in [0.3, 0.4) is 0 Å². The maximum absolute atomic E-state index is 6.04. The molecule has 3 N–H and O–H groups in total. The maximum atomic E-state index is 6.04. The van der Waals surface area contributed by atoms with Crippen molar-refractivity contribution in [3.8, 4) is 0 Å². The first kappa shape index (κ1) is 14.0. The van der Waals surface area contributed by atoms with Crippen LogP contribution < -0.4 is 11.2 Å². The van der Waals surface area contributed by atoms with Crippen LogP contribution in [0.25, 0.3) is 0 Å². The first-order valence-electron chi connectivity index (χ1n) is 7.76. The highest BCUT2D eigenvalue weighted by atomic mass is 15.5. The summed E-state index contributed by atoms with van der Waals surface area (Å²) in [6.07, 6.45) is 2.67. The fourth-order valence-electron chi connectivity index (χ4n) is 3.00. The van der Waals surface area contributed by atoms with E-state index in [2.05, 4.69) is 46.6 Å². The van der Waals surface area contributed by atoms with Crippen molar-refractivity contribution in [3.63, 3.8) is 0 Å². The summed E-state index contributed by atoms with van der Waals surface area (Å²) in [6, 6.07) is 9.06. The fraction of sp³-hybridized carbons (Fsp3) is 0.625. The zero-order chi connectivity index (χ0) is 13.9. The summed E-state index contributed by atoms with van der Waals surface area (Å²) in [7, 11) is 2.18. The van der Waals surface area contributed by atoms with E-state index < -0.39 is 0 Å². The van der Waals surface area contributed by atoms with Crippen molar-refractivity contribution in [2.75, 3.05) is 39.8 Å². The van der Waals surface area contributed by atoms with Gasteiger partial charge in [-0.1, -0.05) is 24.3 Å². The molecule has 3 rings (SSSR count). The molecule has 110 valence electrons. The van der Waals surface area contributed by atoms with E-state index in [4.69, 9.17) is 5.73 Å². The van der Waals surface area contributed by atoms with Crippen LogP contribution in [0.1, 0.15) is 35.9 Å². The average molecular weight is 274 g/mol. The van der Waals surface area contributed by atoms with Crippen molar-refractivity contribution in [3.05, 3.63) is 35.4 Å². The summed E-state index contributed by atoms with van der Waals surface area (Å²) in [5.41, 5.74) is 12.6. The van der Waals surface area contributed by atoms with Gasteiger partial charge in [-0.2, -0.15) is 0 Å². The Morgan fingerprint density at radius 3 is 2.55 bits per heavy atom. The van der Waals surface area contributed by atoms with Crippen LogP contribution in [-0.2, 0) is 0 Å². The van der Waals surface area contributed by atoms with Crippen LogP contribution in [0, 0.1) is 0 Å². The van der Waals surface area contributed by atoms with Gasteiger partial charge in [0.25, 0.3) is 0 Å². The summed E-state index contributed by atoms with van der Waals surface area (Å²) >= 11 is 0. The van der Waals surface area contributed by atoms with Gasteiger partial charge in [-0.3, -0.25) is 0 Å². The molecule has 1 aliphatic heterocycles. The maximum Gasteiger partial charge on any atom is 0.0589 e. The van der Waals surface area contributed by atoms with Gasteiger partial charge in [0.2, 0.25) is 0 Å². The molecule has 4 heteroatoms. The molecule has 1 aliphatic carbocycles. The Morgan fingerprint density at radius 1 is 1.20 bits per heavy atom. The monoisotopic (exact) mass is 274 g/mol. The molecule has 1 saturated carbocycles. The molecule has 1 heterocycles. The smallest absolute Gasteiger partial charge is 0.0589 e. The third-order valence-corrected chi connectivity index (χ3v) is 4.47. The molecular formula is C16H26N4. The van der Waals surface area contributed by atoms with E-state index in [9.17, 15) is 0 Å². The predicted octanol–water partition coefficient (Wildman–Crippen LogP) is 1.32. The van der Waals surface area contributed by atoms with E-state index in [0.717, 1.165) is 32.1 Å². The molecule has 0 bridgehead atoms. The van der Waals surface area contributed by atoms with Crippen molar-refractivity contribution in [2.45, 2.75) is 24.8 Å². The molecular weight excluding hydrogens is 248 g/mol. The highest BCUT2D eigenvalue weighted by Crippen LogP contribution is 2.42. The van der Waals surface area contributed by atoms with E-state index in [1.807, 2.05) is 0 Å². The highest BCUT2D eigenvalue weighted by molar-refractivity contribution is 5.35. The molecule has 0 radical (unpaired) electrons. The van der Waals surface area contributed by atoms with Gasteiger partial charge >= 0.3 is 0 Å². The number of nitrogens with two attached hydrogens (primary N) is 1. The SMILES string of the molecule is CN1CCN(NC(CN)c2ccccc2C2CC2)CC1. The van der Waals surface area contributed by atoms with Gasteiger partial charge in [-0.25, -0.2) is 10.4 Å². The Labute approximate surface area is 121 Å². The summed E-state index contributed by atoms with van der Waals surface area (Å²) in [5.74, 6) is 0.773. The average Bonchev–Trinajstić information content (AvgIpc) is 3.31. The fourth-order valence-corrected chi connectivity index (χ4v) is 3.00. The molecule has 1 atom stereocenters. The molecule has 2 fully saturated rings. The summed E-state index contributed by atoms with van der Waals surface area (Å²) < 4.78 is 0. The Balaban J connectivity index is 1.70. The summed E-state index contributed by atoms with van der Waals surface area (Å²) in [4.78, 5) is 2.37. The molecule has 0 amide bonds. The molecule has 1 saturated heterocycles. The molecule has 4 nitrogen and oxygen atoms in total. The van der Waals surface area contributed by atoms with Crippen molar-refractivity contribution in [1.82, 2.24) is 15.3 Å². The Hall–Kier alpha value is -0.940. The van der Waals surface area contributed by atoms with Crippen LogP contribution in [0.2, 0.25) is 0 Å². The van der Waals surface area contributed by atoms with Crippen LogP contribution in [0.5, 0.6) is 0 Å². The number of nitrogens with one attached hydrogen (secondary N) is 1. The van der Waals surface area contributed by atoms with Gasteiger partial charge in [0.05, 0.1) is 6.04 Å². The van der Waals surface area contributed by atoms with Gasteiger partial charge in [0, 0.05) is 32.7 Å². The zero-order valence-electron chi connectivity index (χ0n) is 12.4. The summed E-state index contributed by atoms with van der Waals surface area (Å²) in [6.45, 7) is 5.02. The number of rotatable bonds is 5. The van der Waals surface area contributed by atoms with E-state index in [0.29, 0.717) is 6.54 Å². The minimum atomic E-state index is 0.246. The number of piperazine rings is 1. The number of likely N-dealkylation sites (N-methyl/N-ethyl adjacent to an activating group) is 1. The Kier molecular flexibility index (Phi) is 4.36. The largest absolute Gasteiger partial charge is 0.329 e. The molecule has 20 heavy (non-hydrogen) atoms. The zero-order valence-corrected chi connectivity index (χ0v) is 12.4. The van der Waals surface area contributed by atoms with Crippen molar-refractivity contribution in [2.24, 2.45) is 5.73 Å². The normalized spacial score (nSPS) is 22.9. The van der Waals surface area contributed by atoms with Crippen molar-refractivity contribution in [1.29, 1.82) is 0 Å². The second-order valence-electron chi connectivity index (χ2n) is 6.11. The lowest BCUT2D eigenvalue weighted by Crippen LogP contribution is -2.52. The quantitative estimate of drug-likeness (QED) is 0.850. The van der Waals surface area contributed by atoms with Crippen LogP contribution in [0.4, 0.5) is 0 Å². The first-order valence-corrected chi connectivity index (χ1v) is 7.76. The topological polar surface area (TPSA) is 44.5 Å².